The van der Waals surface area contributed by atoms with Gasteiger partial charge in [0.2, 0.25) is 5.95 Å². The molecule has 1 aromatic carbocycles. The average molecular weight is 341 g/mol. The van der Waals surface area contributed by atoms with Crippen molar-refractivity contribution in [1.82, 2.24) is 19.5 Å². The number of carbonyl (C=O) groups is 1. The third-order valence-corrected chi connectivity index (χ3v) is 3.69. The maximum absolute atomic E-state index is 11.6. The first-order chi connectivity index (χ1) is 11.9. The normalized spacial score (nSPS) is 11.2. The van der Waals surface area contributed by atoms with E-state index < -0.39 is 5.97 Å². The van der Waals surface area contributed by atoms with Crippen LogP contribution in [0.15, 0.2) is 36.5 Å². The molecule has 3 rings (SSSR count). The first-order valence-corrected chi connectivity index (χ1v) is 7.71. The molecule has 8 nitrogen and oxygen atoms in total. The second-order valence-corrected chi connectivity index (χ2v) is 5.85. The minimum atomic E-state index is -1.04. The fourth-order valence-corrected chi connectivity index (χ4v) is 2.43. The SMILES string of the molecule is CN(C)CCOc1ccc(-c2cn3nc(N)nc3cc2C(=O)O)cc1. The fourth-order valence-electron chi connectivity index (χ4n) is 2.43. The Morgan fingerprint density at radius 1 is 1.32 bits per heavy atom. The van der Waals surface area contributed by atoms with E-state index in [9.17, 15) is 9.90 Å². The van der Waals surface area contributed by atoms with Crippen LogP contribution in [0.3, 0.4) is 0 Å². The van der Waals surface area contributed by atoms with E-state index in [0.717, 1.165) is 17.9 Å². The lowest BCUT2D eigenvalue weighted by molar-refractivity contribution is 0.0697. The number of hydrogen-bond acceptors (Lipinski definition) is 6. The Kier molecular flexibility index (Phi) is 4.53. The van der Waals surface area contributed by atoms with Gasteiger partial charge in [-0.3, -0.25) is 0 Å². The monoisotopic (exact) mass is 341 g/mol. The quantitative estimate of drug-likeness (QED) is 0.701. The highest BCUT2D eigenvalue weighted by Gasteiger charge is 2.15. The number of aromatic nitrogens is 3. The van der Waals surface area contributed by atoms with Gasteiger partial charge in [0.25, 0.3) is 0 Å². The topological polar surface area (TPSA) is 106 Å². The van der Waals surface area contributed by atoms with Crippen LogP contribution in [-0.2, 0) is 0 Å². The third-order valence-electron chi connectivity index (χ3n) is 3.69. The fraction of sp³-hybridized carbons (Fsp3) is 0.235. The number of anilines is 1. The van der Waals surface area contributed by atoms with Gasteiger partial charge in [-0.1, -0.05) is 12.1 Å². The molecular formula is C17H19N5O3. The van der Waals surface area contributed by atoms with Crippen molar-refractivity contribution < 1.29 is 14.6 Å². The number of hydrogen-bond donors (Lipinski definition) is 2. The van der Waals surface area contributed by atoms with Crippen LogP contribution in [0.5, 0.6) is 5.75 Å². The van der Waals surface area contributed by atoms with Crippen LogP contribution in [-0.4, -0.2) is 57.8 Å². The minimum absolute atomic E-state index is 0.0955. The zero-order chi connectivity index (χ0) is 18.0. The molecule has 0 bridgehead atoms. The van der Waals surface area contributed by atoms with E-state index in [1.165, 1.54) is 10.6 Å². The molecule has 0 amide bonds. The number of pyridine rings is 1. The van der Waals surface area contributed by atoms with E-state index in [4.69, 9.17) is 10.5 Å². The Labute approximate surface area is 144 Å². The average Bonchev–Trinajstić information content (AvgIpc) is 2.93. The smallest absolute Gasteiger partial charge is 0.336 e. The first kappa shape index (κ1) is 16.7. The molecule has 2 heterocycles. The van der Waals surface area contributed by atoms with Crippen molar-refractivity contribution in [2.45, 2.75) is 0 Å². The molecule has 0 saturated carbocycles. The maximum Gasteiger partial charge on any atom is 0.336 e. The summed E-state index contributed by atoms with van der Waals surface area (Å²) in [5, 5.41) is 13.5. The van der Waals surface area contributed by atoms with Crippen LogP contribution in [0, 0.1) is 0 Å². The van der Waals surface area contributed by atoms with Crippen LogP contribution >= 0.6 is 0 Å². The van der Waals surface area contributed by atoms with Crippen molar-refractivity contribution in [2.24, 2.45) is 0 Å². The van der Waals surface area contributed by atoms with Crippen molar-refractivity contribution >= 4 is 17.6 Å². The number of nitrogen functional groups attached to an aromatic ring is 1. The number of benzene rings is 1. The summed E-state index contributed by atoms with van der Waals surface area (Å²) in [6.45, 7) is 1.40. The number of likely N-dealkylation sites (N-methyl/N-ethyl adjacent to an activating group) is 1. The van der Waals surface area contributed by atoms with Gasteiger partial charge < -0.3 is 20.5 Å². The van der Waals surface area contributed by atoms with Crippen LogP contribution in [0.2, 0.25) is 0 Å². The van der Waals surface area contributed by atoms with Crippen molar-refractivity contribution in [1.29, 1.82) is 0 Å². The second kappa shape index (κ2) is 6.78. The van der Waals surface area contributed by atoms with Gasteiger partial charge in [0, 0.05) is 18.3 Å². The van der Waals surface area contributed by atoms with E-state index in [1.54, 1.807) is 6.20 Å². The first-order valence-electron chi connectivity index (χ1n) is 7.71. The molecule has 0 radical (unpaired) electrons. The molecule has 0 atom stereocenters. The summed E-state index contributed by atoms with van der Waals surface area (Å²) in [5.41, 5.74) is 7.39. The molecule has 0 aliphatic carbocycles. The highest BCUT2D eigenvalue weighted by Crippen LogP contribution is 2.27. The molecule has 0 aliphatic rings. The number of aromatic carboxylic acids is 1. The lowest BCUT2D eigenvalue weighted by Gasteiger charge is -2.12. The molecule has 0 unspecified atom stereocenters. The summed E-state index contributed by atoms with van der Waals surface area (Å²) in [4.78, 5) is 17.6. The lowest BCUT2D eigenvalue weighted by Crippen LogP contribution is -2.19. The number of rotatable bonds is 6. The zero-order valence-corrected chi connectivity index (χ0v) is 14.0. The number of nitrogens with two attached hydrogens (primary N) is 1. The molecule has 0 saturated heterocycles. The minimum Gasteiger partial charge on any atom is -0.492 e. The molecule has 2 aromatic heterocycles. The molecular weight excluding hydrogens is 322 g/mol. The molecule has 0 spiro atoms. The van der Waals surface area contributed by atoms with Crippen molar-refractivity contribution in [3.05, 3.63) is 42.1 Å². The molecule has 8 heteroatoms. The van der Waals surface area contributed by atoms with Gasteiger partial charge in [-0.05, 0) is 37.9 Å². The van der Waals surface area contributed by atoms with E-state index in [2.05, 4.69) is 10.1 Å². The van der Waals surface area contributed by atoms with Gasteiger partial charge in [-0.2, -0.15) is 4.98 Å². The van der Waals surface area contributed by atoms with Gasteiger partial charge in [-0.25, -0.2) is 9.31 Å². The lowest BCUT2D eigenvalue weighted by atomic mass is 10.0. The number of carboxylic acid groups (broad SMARTS) is 1. The Morgan fingerprint density at radius 2 is 2.04 bits per heavy atom. The third kappa shape index (κ3) is 3.69. The summed E-state index contributed by atoms with van der Waals surface area (Å²) < 4.78 is 7.13. The van der Waals surface area contributed by atoms with Gasteiger partial charge >= 0.3 is 5.97 Å². The standard InChI is InChI=1S/C17H19N5O3/c1-21(2)7-8-25-12-5-3-11(4-6-12)14-10-22-15(19-17(18)20-22)9-13(14)16(23)24/h3-6,9-10H,7-8H2,1-2H3,(H2,18,20)(H,23,24). The van der Waals surface area contributed by atoms with E-state index >= 15 is 0 Å². The number of fused-ring (bicyclic) bond motifs is 1. The predicted molar refractivity (Wildman–Crippen MR) is 93.8 cm³/mol. The van der Waals surface area contributed by atoms with Crippen molar-refractivity contribution in [3.8, 4) is 16.9 Å². The second-order valence-electron chi connectivity index (χ2n) is 5.85. The van der Waals surface area contributed by atoms with Gasteiger partial charge in [0.15, 0.2) is 5.65 Å². The van der Waals surface area contributed by atoms with Crippen LogP contribution in [0.1, 0.15) is 10.4 Å². The van der Waals surface area contributed by atoms with E-state index in [1.807, 2.05) is 43.3 Å². The molecule has 3 aromatic rings. The summed E-state index contributed by atoms with van der Waals surface area (Å²) in [6, 6.07) is 8.73. The summed E-state index contributed by atoms with van der Waals surface area (Å²) in [6.07, 6.45) is 1.62. The molecule has 0 fully saturated rings. The molecule has 3 N–H and O–H groups in total. The summed E-state index contributed by atoms with van der Waals surface area (Å²) in [7, 11) is 3.96. The van der Waals surface area contributed by atoms with Gasteiger partial charge in [-0.15, -0.1) is 5.10 Å². The Morgan fingerprint density at radius 3 is 2.68 bits per heavy atom. The van der Waals surface area contributed by atoms with E-state index in [-0.39, 0.29) is 11.5 Å². The highest BCUT2D eigenvalue weighted by molar-refractivity contribution is 5.97. The Hall–Kier alpha value is -3.13. The predicted octanol–water partition coefficient (Wildman–Crippen LogP) is 1.62. The molecule has 0 aliphatic heterocycles. The number of nitrogens with zero attached hydrogens (tertiary/aromatic N) is 4. The van der Waals surface area contributed by atoms with Crippen molar-refractivity contribution in [3.63, 3.8) is 0 Å². The zero-order valence-electron chi connectivity index (χ0n) is 14.0. The number of carboxylic acids is 1. The largest absolute Gasteiger partial charge is 0.492 e. The highest BCUT2D eigenvalue weighted by atomic mass is 16.5. The Bertz CT molecular complexity index is 903. The van der Waals surface area contributed by atoms with Crippen molar-refractivity contribution in [2.75, 3.05) is 33.0 Å². The summed E-state index contributed by atoms with van der Waals surface area (Å²) in [5.74, 6) is -0.211. The maximum atomic E-state index is 11.6. The van der Waals surface area contributed by atoms with E-state index in [0.29, 0.717) is 17.8 Å². The van der Waals surface area contributed by atoms with Crippen LogP contribution in [0.4, 0.5) is 5.95 Å². The number of ether oxygens (including phenoxy) is 1. The Balaban J connectivity index is 1.92. The molecule has 25 heavy (non-hydrogen) atoms. The van der Waals surface area contributed by atoms with Crippen LogP contribution < -0.4 is 10.5 Å². The summed E-state index contributed by atoms with van der Waals surface area (Å²) >= 11 is 0. The van der Waals surface area contributed by atoms with Gasteiger partial charge in [0.1, 0.15) is 12.4 Å². The molecule has 130 valence electrons. The van der Waals surface area contributed by atoms with Crippen LogP contribution in [0.25, 0.3) is 16.8 Å². The van der Waals surface area contributed by atoms with Gasteiger partial charge in [0.05, 0.1) is 5.56 Å².